The van der Waals surface area contributed by atoms with E-state index in [1.165, 1.54) is 0 Å². The molecule has 1 rings (SSSR count). The van der Waals surface area contributed by atoms with E-state index < -0.39 is 0 Å². The fraction of sp³-hybridized carbons (Fsp3) is 0.632. The van der Waals surface area contributed by atoms with E-state index in [9.17, 15) is 0 Å². The quantitative estimate of drug-likeness (QED) is 0.343. The fourth-order valence-corrected chi connectivity index (χ4v) is 2.20. The van der Waals surface area contributed by atoms with E-state index >= 15 is 0 Å². The number of aliphatic imine (C=N–C) groups is 1. The van der Waals surface area contributed by atoms with Crippen molar-refractivity contribution in [3.63, 3.8) is 0 Å². The van der Waals surface area contributed by atoms with Gasteiger partial charge in [-0.15, -0.1) is 0 Å². The van der Waals surface area contributed by atoms with E-state index in [1.54, 1.807) is 7.11 Å². The number of hydrogen-bond acceptors (Lipinski definition) is 4. The highest BCUT2D eigenvalue weighted by molar-refractivity contribution is 5.79. The van der Waals surface area contributed by atoms with Crippen LogP contribution in [0.5, 0.6) is 5.75 Å². The predicted molar refractivity (Wildman–Crippen MR) is 104 cm³/mol. The van der Waals surface area contributed by atoms with E-state index in [0.717, 1.165) is 63.0 Å². The number of hydrogen-bond donors (Lipinski definition) is 2. The summed E-state index contributed by atoms with van der Waals surface area (Å²) in [4.78, 5) is 6.78. The van der Waals surface area contributed by atoms with Crippen LogP contribution in [0.25, 0.3) is 0 Å². The molecule has 25 heavy (non-hydrogen) atoms. The first-order chi connectivity index (χ1) is 12.2. The van der Waals surface area contributed by atoms with Crippen molar-refractivity contribution in [3.05, 3.63) is 29.8 Å². The first kappa shape index (κ1) is 21.3. The normalized spacial score (nSPS) is 11.6. The smallest absolute Gasteiger partial charge is 0.191 e. The molecule has 0 saturated heterocycles. The average Bonchev–Trinajstić information content (AvgIpc) is 2.61. The molecule has 0 fully saturated rings. The molecule has 1 aromatic rings. The Balaban J connectivity index is 2.40. The van der Waals surface area contributed by atoms with Gasteiger partial charge in [0.25, 0.3) is 0 Å². The van der Waals surface area contributed by atoms with E-state index in [2.05, 4.69) is 53.7 Å². The minimum atomic E-state index is 0.639. The molecule has 0 bridgehead atoms. The molecule has 6 heteroatoms. The first-order valence-electron chi connectivity index (χ1n) is 9.03. The molecule has 0 atom stereocenters. The Hall–Kier alpha value is -1.79. The molecule has 142 valence electrons. The zero-order chi connectivity index (χ0) is 18.3. The third-order valence-corrected chi connectivity index (χ3v) is 3.52. The number of rotatable bonds is 12. The van der Waals surface area contributed by atoms with Crippen molar-refractivity contribution in [3.8, 4) is 5.75 Å². The second kappa shape index (κ2) is 13.5. The molecule has 0 aliphatic rings. The monoisotopic (exact) mass is 350 g/mol. The van der Waals surface area contributed by atoms with Crippen LogP contribution in [0, 0.1) is 0 Å². The molecular formula is C19H34N4O2. The lowest BCUT2D eigenvalue weighted by atomic mass is 10.2. The van der Waals surface area contributed by atoms with E-state index in [0.29, 0.717) is 6.54 Å². The maximum Gasteiger partial charge on any atom is 0.191 e. The molecule has 1 aromatic carbocycles. The summed E-state index contributed by atoms with van der Waals surface area (Å²) in [5.74, 6) is 1.75. The third-order valence-electron chi connectivity index (χ3n) is 3.52. The summed E-state index contributed by atoms with van der Waals surface area (Å²) in [5, 5.41) is 6.56. The molecule has 0 heterocycles. The average molecular weight is 351 g/mol. The zero-order valence-corrected chi connectivity index (χ0v) is 16.2. The molecule has 0 amide bonds. The Morgan fingerprint density at radius 2 is 1.84 bits per heavy atom. The highest BCUT2D eigenvalue weighted by Crippen LogP contribution is 2.13. The number of nitrogens with one attached hydrogen (secondary N) is 2. The van der Waals surface area contributed by atoms with Gasteiger partial charge in [-0.05, 0) is 51.6 Å². The zero-order valence-electron chi connectivity index (χ0n) is 16.2. The molecular weight excluding hydrogens is 316 g/mol. The number of ether oxygens (including phenoxy) is 2. The molecule has 0 aliphatic heterocycles. The van der Waals surface area contributed by atoms with Crippen LogP contribution in [0.2, 0.25) is 0 Å². The van der Waals surface area contributed by atoms with Crippen LogP contribution in [0.3, 0.4) is 0 Å². The summed E-state index contributed by atoms with van der Waals surface area (Å²) in [5.41, 5.74) is 1.16. The Morgan fingerprint density at radius 3 is 2.48 bits per heavy atom. The van der Waals surface area contributed by atoms with Crippen molar-refractivity contribution in [1.82, 2.24) is 15.5 Å². The van der Waals surface area contributed by atoms with Crippen molar-refractivity contribution in [2.24, 2.45) is 4.99 Å². The lowest BCUT2D eigenvalue weighted by Gasteiger charge is -2.12. The third kappa shape index (κ3) is 10.6. The summed E-state index contributed by atoms with van der Waals surface area (Å²) in [6.07, 6.45) is 1.99. The van der Waals surface area contributed by atoms with E-state index in [4.69, 9.17) is 9.47 Å². The second-order valence-corrected chi connectivity index (χ2v) is 6.12. The van der Waals surface area contributed by atoms with Gasteiger partial charge in [0.05, 0.1) is 13.2 Å². The van der Waals surface area contributed by atoms with Gasteiger partial charge in [-0.25, -0.2) is 4.99 Å². The van der Waals surface area contributed by atoms with Crippen molar-refractivity contribution in [2.45, 2.75) is 26.3 Å². The van der Waals surface area contributed by atoms with Gasteiger partial charge in [0, 0.05) is 33.4 Å². The number of guanidine groups is 1. The Kier molecular flexibility index (Phi) is 11.5. The highest BCUT2D eigenvalue weighted by atomic mass is 16.5. The Morgan fingerprint density at radius 1 is 1.08 bits per heavy atom. The van der Waals surface area contributed by atoms with Crippen molar-refractivity contribution >= 4 is 5.96 Å². The Bertz CT molecular complexity index is 475. The summed E-state index contributed by atoms with van der Waals surface area (Å²) in [7, 11) is 5.86. The molecule has 0 aliphatic carbocycles. The largest absolute Gasteiger partial charge is 0.494 e. The molecule has 0 saturated carbocycles. The predicted octanol–water partition coefficient (Wildman–Crippen LogP) is 2.11. The van der Waals surface area contributed by atoms with E-state index in [-0.39, 0.29) is 0 Å². The summed E-state index contributed by atoms with van der Waals surface area (Å²) >= 11 is 0. The summed E-state index contributed by atoms with van der Waals surface area (Å²) in [6.45, 7) is 6.93. The van der Waals surface area contributed by atoms with Crippen LogP contribution in [-0.2, 0) is 11.3 Å². The first-order valence-corrected chi connectivity index (χ1v) is 9.03. The summed E-state index contributed by atoms with van der Waals surface area (Å²) in [6, 6.07) is 8.16. The van der Waals surface area contributed by atoms with Crippen LogP contribution in [0.4, 0.5) is 0 Å². The lowest BCUT2D eigenvalue weighted by molar-refractivity contribution is 0.195. The maximum atomic E-state index is 5.75. The van der Waals surface area contributed by atoms with Gasteiger partial charge in [-0.2, -0.15) is 0 Å². The SMILES string of the molecule is CCNC(=NCc1ccc(OCCCN(C)C)cc1)NCCCOC. The van der Waals surface area contributed by atoms with Crippen molar-refractivity contribution in [1.29, 1.82) is 0 Å². The van der Waals surface area contributed by atoms with Gasteiger partial charge in [-0.1, -0.05) is 12.1 Å². The second-order valence-electron chi connectivity index (χ2n) is 6.12. The fourth-order valence-electron chi connectivity index (χ4n) is 2.20. The topological polar surface area (TPSA) is 58.1 Å². The Labute approximate surface area is 152 Å². The van der Waals surface area contributed by atoms with E-state index in [1.807, 2.05) is 12.1 Å². The molecule has 6 nitrogen and oxygen atoms in total. The van der Waals surface area contributed by atoms with Gasteiger partial charge in [0.2, 0.25) is 0 Å². The van der Waals surface area contributed by atoms with Crippen LogP contribution in [-0.4, -0.2) is 64.9 Å². The minimum absolute atomic E-state index is 0.639. The van der Waals surface area contributed by atoms with Gasteiger partial charge in [-0.3, -0.25) is 0 Å². The van der Waals surface area contributed by atoms with Crippen LogP contribution >= 0.6 is 0 Å². The molecule has 0 spiro atoms. The standard InChI is InChI=1S/C19H34N4O2/c1-5-20-19(21-12-6-14-24-4)22-16-17-8-10-18(11-9-17)25-15-7-13-23(2)3/h8-11H,5-7,12-16H2,1-4H3,(H2,20,21,22). The van der Waals surface area contributed by atoms with Crippen LogP contribution < -0.4 is 15.4 Å². The molecule has 0 unspecified atom stereocenters. The van der Waals surface area contributed by atoms with Crippen LogP contribution in [0.15, 0.2) is 29.3 Å². The van der Waals surface area contributed by atoms with Crippen LogP contribution in [0.1, 0.15) is 25.3 Å². The number of methoxy groups -OCH3 is 1. The molecule has 0 radical (unpaired) electrons. The minimum Gasteiger partial charge on any atom is -0.494 e. The van der Waals surface area contributed by atoms with Gasteiger partial charge in [0.1, 0.15) is 5.75 Å². The van der Waals surface area contributed by atoms with Crippen molar-refractivity contribution < 1.29 is 9.47 Å². The number of benzene rings is 1. The number of nitrogens with zero attached hydrogens (tertiary/aromatic N) is 2. The molecule has 2 N–H and O–H groups in total. The molecule has 0 aromatic heterocycles. The van der Waals surface area contributed by atoms with Gasteiger partial charge in [0.15, 0.2) is 5.96 Å². The maximum absolute atomic E-state index is 5.75. The summed E-state index contributed by atoms with van der Waals surface area (Å²) < 4.78 is 10.8. The van der Waals surface area contributed by atoms with Gasteiger partial charge >= 0.3 is 0 Å². The highest BCUT2D eigenvalue weighted by Gasteiger charge is 1.99. The van der Waals surface area contributed by atoms with Gasteiger partial charge < -0.3 is 25.0 Å². The van der Waals surface area contributed by atoms with Crippen molar-refractivity contribution in [2.75, 3.05) is 54.1 Å². The lowest BCUT2D eigenvalue weighted by Crippen LogP contribution is -2.38.